The number of aryl methyl sites for hydroxylation is 1. The van der Waals surface area contributed by atoms with Crippen LogP contribution in [0.15, 0.2) is 71.6 Å². The van der Waals surface area contributed by atoms with Crippen molar-refractivity contribution in [1.82, 2.24) is 4.72 Å². The van der Waals surface area contributed by atoms with E-state index in [4.69, 9.17) is 16.3 Å². The number of hydrogen-bond donors (Lipinski definition) is 1. The molecule has 0 radical (unpaired) electrons. The van der Waals surface area contributed by atoms with Crippen LogP contribution in [0.3, 0.4) is 0 Å². The molecule has 3 aliphatic rings. The third-order valence-electron chi connectivity index (χ3n) is 8.48. The van der Waals surface area contributed by atoms with E-state index in [2.05, 4.69) is 21.8 Å². The first-order chi connectivity index (χ1) is 18.8. The van der Waals surface area contributed by atoms with Gasteiger partial charge in [-0.25, -0.2) is 13.1 Å². The molecule has 1 amide bonds. The molecular formula is C31H33ClN2O4S. The summed E-state index contributed by atoms with van der Waals surface area (Å²) in [6, 6.07) is 20.3. The molecule has 39 heavy (non-hydrogen) atoms. The first-order valence-electron chi connectivity index (χ1n) is 13.7. The largest absolute Gasteiger partial charge is 0.490 e. The van der Waals surface area contributed by atoms with E-state index in [0.717, 1.165) is 48.6 Å². The average molecular weight is 565 g/mol. The van der Waals surface area contributed by atoms with Crippen LogP contribution in [0, 0.1) is 5.92 Å². The van der Waals surface area contributed by atoms with Gasteiger partial charge in [0.25, 0.3) is 10.0 Å². The summed E-state index contributed by atoms with van der Waals surface area (Å²) in [7, 11) is -4.05. The fourth-order valence-corrected chi connectivity index (χ4v) is 7.47. The number of halogens is 1. The van der Waals surface area contributed by atoms with Gasteiger partial charge in [-0.1, -0.05) is 54.4 Å². The molecule has 0 aromatic heterocycles. The molecule has 1 N–H and O–H groups in total. The van der Waals surface area contributed by atoms with Gasteiger partial charge in [-0.15, -0.1) is 0 Å². The molecule has 1 heterocycles. The van der Waals surface area contributed by atoms with Gasteiger partial charge >= 0.3 is 0 Å². The van der Waals surface area contributed by atoms with Crippen LogP contribution in [-0.4, -0.2) is 34.0 Å². The minimum Gasteiger partial charge on any atom is -0.490 e. The van der Waals surface area contributed by atoms with Gasteiger partial charge in [-0.3, -0.25) is 4.79 Å². The summed E-state index contributed by atoms with van der Waals surface area (Å²) >= 11 is 6.35. The van der Waals surface area contributed by atoms with Crippen molar-refractivity contribution in [2.75, 3.05) is 24.6 Å². The number of benzene rings is 3. The molecule has 3 aromatic carbocycles. The number of anilines is 1. The van der Waals surface area contributed by atoms with E-state index in [0.29, 0.717) is 18.3 Å². The van der Waals surface area contributed by atoms with Crippen LogP contribution in [0.25, 0.3) is 0 Å². The van der Waals surface area contributed by atoms with Gasteiger partial charge < -0.3 is 9.64 Å². The van der Waals surface area contributed by atoms with E-state index in [1.165, 1.54) is 36.5 Å². The van der Waals surface area contributed by atoms with Crippen molar-refractivity contribution < 1.29 is 17.9 Å². The molecule has 1 unspecified atom stereocenters. The molecule has 6 nitrogen and oxygen atoms in total. The second-order valence-corrected chi connectivity index (χ2v) is 13.3. The van der Waals surface area contributed by atoms with E-state index < -0.39 is 15.9 Å². The second-order valence-electron chi connectivity index (χ2n) is 11.2. The van der Waals surface area contributed by atoms with Gasteiger partial charge in [-0.05, 0) is 85.0 Å². The predicted molar refractivity (Wildman–Crippen MR) is 153 cm³/mol. The van der Waals surface area contributed by atoms with E-state index in [1.54, 1.807) is 24.3 Å². The Bertz CT molecular complexity index is 1490. The number of nitrogens with one attached hydrogen (secondary N) is 1. The summed E-state index contributed by atoms with van der Waals surface area (Å²) in [6.45, 7) is 2.12. The maximum absolute atomic E-state index is 13.3. The Labute approximate surface area is 235 Å². The molecular weight excluding hydrogens is 532 g/mol. The number of fused-ring (bicyclic) bond motifs is 3. The molecule has 2 aliphatic carbocycles. The van der Waals surface area contributed by atoms with Gasteiger partial charge in [0.05, 0.1) is 23.6 Å². The zero-order valence-corrected chi connectivity index (χ0v) is 23.4. The molecule has 1 spiro atoms. The van der Waals surface area contributed by atoms with Crippen molar-refractivity contribution in [2.24, 2.45) is 5.92 Å². The van der Waals surface area contributed by atoms with Crippen molar-refractivity contribution in [3.05, 3.63) is 88.4 Å². The predicted octanol–water partition coefficient (Wildman–Crippen LogP) is 5.66. The van der Waals surface area contributed by atoms with Crippen molar-refractivity contribution >= 4 is 33.2 Å². The molecule has 8 heteroatoms. The number of nitrogens with zero attached hydrogens (tertiary/aromatic N) is 1. The van der Waals surface area contributed by atoms with Crippen LogP contribution in [-0.2, 0) is 33.1 Å². The van der Waals surface area contributed by atoms with E-state index in [-0.39, 0.29) is 16.7 Å². The van der Waals surface area contributed by atoms with Crippen LogP contribution in [0.5, 0.6) is 5.75 Å². The lowest BCUT2D eigenvalue weighted by atomic mass is 9.70. The molecule has 0 bridgehead atoms. The number of rotatable bonds is 6. The van der Waals surface area contributed by atoms with E-state index >= 15 is 0 Å². The Morgan fingerprint density at radius 1 is 1.05 bits per heavy atom. The number of sulfonamides is 1. The van der Waals surface area contributed by atoms with Gasteiger partial charge in [-0.2, -0.15) is 0 Å². The molecule has 3 aromatic rings. The van der Waals surface area contributed by atoms with E-state index in [1.807, 2.05) is 24.3 Å². The minimum atomic E-state index is -4.05. The van der Waals surface area contributed by atoms with Crippen molar-refractivity contribution in [2.45, 2.75) is 55.3 Å². The van der Waals surface area contributed by atoms with Gasteiger partial charge in [0.15, 0.2) is 0 Å². The fourth-order valence-electron chi connectivity index (χ4n) is 6.27. The summed E-state index contributed by atoms with van der Waals surface area (Å²) in [5.74, 6) is 0.698. The Hall–Kier alpha value is -3.03. The number of amides is 1. The summed E-state index contributed by atoms with van der Waals surface area (Å²) < 4.78 is 35.3. The molecule has 1 aliphatic heterocycles. The van der Waals surface area contributed by atoms with Gasteiger partial charge in [0.2, 0.25) is 5.91 Å². The number of carbonyl (C=O) groups excluding carboxylic acids is 1. The second kappa shape index (κ2) is 10.5. The Morgan fingerprint density at radius 3 is 2.64 bits per heavy atom. The molecule has 204 valence electrons. The lowest BCUT2D eigenvalue weighted by Crippen LogP contribution is -2.47. The zero-order chi connectivity index (χ0) is 27.0. The monoisotopic (exact) mass is 564 g/mol. The zero-order valence-electron chi connectivity index (χ0n) is 21.9. The summed E-state index contributed by atoms with van der Waals surface area (Å²) in [5.41, 5.74) is 3.89. The quantitative estimate of drug-likeness (QED) is 0.418. The van der Waals surface area contributed by atoms with Crippen LogP contribution in [0.2, 0.25) is 5.02 Å². The lowest BCUT2D eigenvalue weighted by Gasteiger charge is -2.42. The standard InChI is InChI=1S/C31H33ClN2O4S/c32-25-11-13-27-24(17-25)10-5-15-31(27)20-34(19-23-8-4-9-23)28-18-26(12-14-29(28)38-21-31)39(36,37)33-30(35)16-22-6-2-1-3-7-22/h1-3,6-7,11-14,17-18,23H,4-5,8-10,15-16,19-21H2,(H,33,35). The van der Waals surface area contributed by atoms with Crippen LogP contribution < -0.4 is 14.4 Å². The maximum Gasteiger partial charge on any atom is 0.264 e. The molecule has 1 saturated carbocycles. The summed E-state index contributed by atoms with van der Waals surface area (Å²) in [4.78, 5) is 15.0. The topological polar surface area (TPSA) is 75.7 Å². The summed E-state index contributed by atoms with van der Waals surface area (Å²) in [5, 5.41) is 0.749. The SMILES string of the molecule is O=C(Cc1ccccc1)NS(=O)(=O)c1ccc2c(c1)N(CC1CCC1)CC1(CCCc3cc(Cl)ccc31)CO2. The maximum atomic E-state index is 13.3. The lowest BCUT2D eigenvalue weighted by molar-refractivity contribution is -0.118. The molecule has 6 rings (SSSR count). The highest BCUT2D eigenvalue weighted by Crippen LogP contribution is 2.45. The van der Waals surface area contributed by atoms with Gasteiger partial charge in [0.1, 0.15) is 5.75 Å². The fraction of sp³-hybridized carbons (Fsp3) is 0.387. The highest BCUT2D eigenvalue weighted by atomic mass is 35.5. The highest BCUT2D eigenvalue weighted by Gasteiger charge is 2.42. The Morgan fingerprint density at radius 2 is 1.87 bits per heavy atom. The van der Waals surface area contributed by atoms with Crippen molar-refractivity contribution in [3.8, 4) is 5.75 Å². The molecule has 0 saturated heterocycles. The molecule has 1 atom stereocenters. The third kappa shape index (κ3) is 5.39. The van der Waals surface area contributed by atoms with Crippen molar-refractivity contribution in [1.29, 1.82) is 0 Å². The Kier molecular flexibility index (Phi) is 7.06. The van der Waals surface area contributed by atoms with Crippen LogP contribution in [0.1, 0.15) is 48.8 Å². The smallest absolute Gasteiger partial charge is 0.264 e. The first kappa shape index (κ1) is 26.2. The van der Waals surface area contributed by atoms with Gasteiger partial charge in [0, 0.05) is 23.5 Å². The number of carbonyl (C=O) groups is 1. The normalized spacial score (nSPS) is 20.8. The number of ether oxygens (including phenoxy) is 1. The Balaban J connectivity index is 1.31. The van der Waals surface area contributed by atoms with Crippen LogP contribution >= 0.6 is 11.6 Å². The highest BCUT2D eigenvalue weighted by molar-refractivity contribution is 7.90. The third-order valence-corrected chi connectivity index (χ3v) is 10.1. The average Bonchev–Trinajstić information content (AvgIpc) is 3.03. The summed E-state index contributed by atoms with van der Waals surface area (Å²) in [6.07, 6.45) is 6.63. The first-order valence-corrected chi connectivity index (χ1v) is 15.6. The number of hydrogen-bond acceptors (Lipinski definition) is 5. The van der Waals surface area contributed by atoms with Crippen molar-refractivity contribution in [3.63, 3.8) is 0 Å². The molecule has 1 fully saturated rings. The van der Waals surface area contributed by atoms with Crippen LogP contribution in [0.4, 0.5) is 5.69 Å². The van der Waals surface area contributed by atoms with E-state index in [9.17, 15) is 13.2 Å². The minimum absolute atomic E-state index is 0.00608.